The Morgan fingerprint density at radius 1 is 0.611 bits per heavy atom. The molecule has 0 aliphatic carbocycles. The molecule has 0 saturated heterocycles. The van der Waals surface area contributed by atoms with Gasteiger partial charge in [-0.2, -0.15) is 0 Å². The van der Waals surface area contributed by atoms with Gasteiger partial charge in [-0.15, -0.1) is 0 Å². The molecule has 0 bridgehead atoms. The standard InChI is InChI=1S/C12H28NO4.ClH/c1-5-9(14)13(10(15)6-2,11(16)7-3)12(17)8-4;/h9-12,14-17H,5-8H2,1-4H3;1H/q+1;/p-1. The van der Waals surface area contributed by atoms with Gasteiger partial charge in [-0.05, 0) is 0 Å². The molecule has 0 spiro atoms. The average Bonchev–Trinajstić information content (AvgIpc) is 2.37. The maximum absolute atomic E-state index is 10.2. The molecule has 0 aromatic carbocycles. The Kier molecular flexibility index (Phi) is 10.3. The lowest BCUT2D eigenvalue weighted by Gasteiger charge is -2.50. The molecule has 5 nitrogen and oxygen atoms in total. The van der Waals surface area contributed by atoms with E-state index in [1.807, 2.05) is 0 Å². The molecular formula is C12H28ClNO4. The normalized spacial score (nSPS) is 21.3. The average molecular weight is 286 g/mol. The van der Waals surface area contributed by atoms with Crippen molar-refractivity contribution in [2.75, 3.05) is 0 Å². The number of halogens is 1. The van der Waals surface area contributed by atoms with Crippen LogP contribution in [0.4, 0.5) is 0 Å². The number of nitrogens with zero attached hydrogens (tertiary/aromatic N) is 1. The molecule has 0 radical (unpaired) electrons. The van der Waals surface area contributed by atoms with E-state index >= 15 is 0 Å². The third kappa shape index (κ3) is 3.56. The fraction of sp³-hybridized carbons (Fsp3) is 1.00. The lowest BCUT2D eigenvalue weighted by molar-refractivity contribution is -1.08. The highest BCUT2D eigenvalue weighted by Gasteiger charge is 2.51. The molecule has 0 aliphatic heterocycles. The maximum atomic E-state index is 10.2. The van der Waals surface area contributed by atoms with E-state index in [9.17, 15) is 20.4 Å². The fourth-order valence-corrected chi connectivity index (χ4v) is 2.46. The predicted molar refractivity (Wildman–Crippen MR) is 65.5 cm³/mol. The molecule has 0 aliphatic rings. The minimum atomic E-state index is -0.977. The van der Waals surface area contributed by atoms with E-state index in [1.165, 1.54) is 0 Å². The molecule has 0 rings (SSSR count). The topological polar surface area (TPSA) is 80.9 Å². The van der Waals surface area contributed by atoms with Gasteiger partial charge in [-0.3, -0.25) is 0 Å². The lowest BCUT2D eigenvalue weighted by atomic mass is 10.1. The van der Waals surface area contributed by atoms with Crippen LogP contribution in [0, 0.1) is 0 Å². The van der Waals surface area contributed by atoms with Gasteiger partial charge in [0, 0.05) is 25.7 Å². The van der Waals surface area contributed by atoms with Crippen LogP contribution < -0.4 is 12.4 Å². The smallest absolute Gasteiger partial charge is 0.196 e. The van der Waals surface area contributed by atoms with Crippen molar-refractivity contribution in [3.63, 3.8) is 0 Å². The SMILES string of the molecule is CCC(O)[N+](C(O)CC)(C(O)CC)C(O)CC.[Cl-]. The largest absolute Gasteiger partial charge is 1.00 e. The summed E-state index contributed by atoms with van der Waals surface area (Å²) in [6, 6.07) is 0. The van der Waals surface area contributed by atoms with Crippen molar-refractivity contribution >= 4 is 0 Å². The van der Waals surface area contributed by atoms with E-state index < -0.39 is 29.4 Å². The zero-order valence-corrected chi connectivity index (χ0v) is 12.5. The van der Waals surface area contributed by atoms with Crippen LogP contribution in [0.3, 0.4) is 0 Å². The first kappa shape index (κ1) is 20.4. The minimum Gasteiger partial charge on any atom is -1.00 e. The number of quaternary nitrogens is 1. The molecule has 0 fully saturated rings. The molecule has 112 valence electrons. The molecule has 6 heteroatoms. The summed E-state index contributed by atoms with van der Waals surface area (Å²) in [6.07, 6.45) is -2.44. The molecule has 0 aromatic heterocycles. The Morgan fingerprint density at radius 3 is 0.889 bits per heavy atom. The van der Waals surface area contributed by atoms with Crippen molar-refractivity contribution in [2.45, 2.75) is 78.3 Å². The van der Waals surface area contributed by atoms with Crippen molar-refractivity contribution in [3.8, 4) is 0 Å². The zero-order chi connectivity index (χ0) is 13.6. The van der Waals surface area contributed by atoms with Crippen molar-refractivity contribution < 1.29 is 37.3 Å². The van der Waals surface area contributed by atoms with Gasteiger partial charge in [-0.25, -0.2) is 4.48 Å². The summed E-state index contributed by atoms with van der Waals surface area (Å²) in [4.78, 5) is 0. The highest BCUT2D eigenvalue weighted by Crippen LogP contribution is 2.30. The van der Waals surface area contributed by atoms with Crippen LogP contribution >= 0.6 is 0 Å². The Bertz CT molecular complexity index is 173. The first-order valence-corrected chi connectivity index (χ1v) is 6.53. The van der Waals surface area contributed by atoms with Crippen LogP contribution in [0.2, 0.25) is 0 Å². The second-order valence-corrected chi connectivity index (χ2v) is 4.45. The Morgan fingerprint density at radius 2 is 0.778 bits per heavy atom. The van der Waals surface area contributed by atoms with E-state index in [1.54, 1.807) is 27.7 Å². The summed E-state index contributed by atoms with van der Waals surface area (Å²) < 4.78 is -0.458. The van der Waals surface area contributed by atoms with Crippen LogP contribution in [0.1, 0.15) is 53.4 Å². The zero-order valence-electron chi connectivity index (χ0n) is 11.8. The molecule has 0 saturated carbocycles. The molecule has 18 heavy (non-hydrogen) atoms. The molecule has 0 amide bonds. The van der Waals surface area contributed by atoms with E-state index in [2.05, 4.69) is 0 Å². The maximum Gasteiger partial charge on any atom is 0.196 e. The third-order valence-electron chi connectivity index (χ3n) is 3.53. The van der Waals surface area contributed by atoms with Crippen molar-refractivity contribution in [3.05, 3.63) is 0 Å². The molecule has 4 N–H and O–H groups in total. The van der Waals surface area contributed by atoms with Crippen LogP contribution in [0.25, 0.3) is 0 Å². The highest BCUT2D eigenvalue weighted by atomic mass is 35.5. The molecule has 4 atom stereocenters. The molecule has 0 heterocycles. The molecule has 4 unspecified atom stereocenters. The number of rotatable bonds is 8. The number of aliphatic hydroxyl groups excluding tert-OH is 4. The van der Waals surface area contributed by atoms with Gasteiger partial charge in [0.1, 0.15) is 0 Å². The highest BCUT2D eigenvalue weighted by molar-refractivity contribution is 4.57. The third-order valence-corrected chi connectivity index (χ3v) is 3.53. The van der Waals surface area contributed by atoms with E-state index in [4.69, 9.17) is 0 Å². The van der Waals surface area contributed by atoms with Crippen LogP contribution in [0.5, 0.6) is 0 Å². The summed E-state index contributed by atoms with van der Waals surface area (Å²) in [5.74, 6) is 0. The molecular weight excluding hydrogens is 258 g/mol. The second-order valence-electron chi connectivity index (χ2n) is 4.45. The minimum absolute atomic E-state index is 0. The first-order valence-electron chi connectivity index (χ1n) is 6.53. The number of hydrogen-bond acceptors (Lipinski definition) is 4. The quantitative estimate of drug-likeness (QED) is 0.299. The Balaban J connectivity index is 0. The molecule has 0 aromatic rings. The first-order chi connectivity index (χ1) is 7.93. The summed E-state index contributed by atoms with van der Waals surface area (Å²) in [7, 11) is 0. The van der Waals surface area contributed by atoms with Crippen LogP contribution in [-0.2, 0) is 0 Å². The van der Waals surface area contributed by atoms with Gasteiger partial charge in [0.2, 0.25) is 0 Å². The summed E-state index contributed by atoms with van der Waals surface area (Å²) in [6.45, 7) is 7.07. The van der Waals surface area contributed by atoms with Gasteiger partial charge in [-0.1, -0.05) is 27.7 Å². The Labute approximate surface area is 116 Å². The van der Waals surface area contributed by atoms with E-state index in [-0.39, 0.29) is 12.4 Å². The lowest BCUT2D eigenvalue weighted by Crippen LogP contribution is -3.00. The summed E-state index contributed by atoms with van der Waals surface area (Å²) in [5, 5.41) is 40.7. The fourth-order valence-electron chi connectivity index (χ4n) is 2.46. The van der Waals surface area contributed by atoms with E-state index in [0.717, 1.165) is 0 Å². The summed E-state index contributed by atoms with van der Waals surface area (Å²) >= 11 is 0. The van der Waals surface area contributed by atoms with Crippen molar-refractivity contribution in [1.82, 2.24) is 0 Å². The monoisotopic (exact) mass is 285 g/mol. The van der Waals surface area contributed by atoms with Gasteiger partial charge in [0.25, 0.3) is 0 Å². The van der Waals surface area contributed by atoms with Crippen molar-refractivity contribution in [2.24, 2.45) is 0 Å². The summed E-state index contributed by atoms with van der Waals surface area (Å²) in [5.41, 5.74) is 0. The second kappa shape index (κ2) is 9.07. The number of aliphatic hydroxyl groups is 4. The van der Waals surface area contributed by atoms with Crippen LogP contribution in [-0.4, -0.2) is 49.8 Å². The van der Waals surface area contributed by atoms with Gasteiger partial charge >= 0.3 is 0 Å². The van der Waals surface area contributed by atoms with Crippen LogP contribution in [0.15, 0.2) is 0 Å². The van der Waals surface area contributed by atoms with Gasteiger partial charge < -0.3 is 32.8 Å². The Hall–Kier alpha value is 0.0900. The number of hydrogen-bond donors (Lipinski definition) is 4. The van der Waals surface area contributed by atoms with E-state index in [0.29, 0.717) is 25.7 Å². The van der Waals surface area contributed by atoms with Gasteiger partial charge in [0.05, 0.1) is 0 Å². The predicted octanol–water partition coefficient (Wildman–Crippen LogP) is -2.28. The van der Waals surface area contributed by atoms with Crippen molar-refractivity contribution in [1.29, 1.82) is 0 Å². The van der Waals surface area contributed by atoms with Gasteiger partial charge in [0.15, 0.2) is 24.9 Å².